The molecule has 26 heavy (non-hydrogen) atoms. The molecule has 1 aliphatic heterocycles. The van der Waals surface area contributed by atoms with Gasteiger partial charge in [0.2, 0.25) is 10.0 Å². The average Bonchev–Trinajstić information content (AvgIpc) is 2.61. The molecule has 1 saturated heterocycles. The minimum atomic E-state index is -3.95. The molecule has 0 aromatic heterocycles. The standard InChI is InChI=1S/C16H25FN2O5S.ClH/c1-22-14-10-13(17)16(11-15(14)23-2)25(20,21)19-7-4-12(5-8-19)24-9-3-6-18;/h10-12H,3-9,18H2,1-2H3;1H. The fourth-order valence-electron chi connectivity index (χ4n) is 2.74. The third-order valence-electron chi connectivity index (χ3n) is 4.16. The van der Waals surface area contributed by atoms with Crippen LogP contribution in [0.25, 0.3) is 0 Å². The lowest BCUT2D eigenvalue weighted by molar-refractivity contribution is 0.0208. The Kier molecular flexibility index (Phi) is 9.05. The van der Waals surface area contributed by atoms with Crippen LogP contribution >= 0.6 is 12.4 Å². The topological polar surface area (TPSA) is 91.1 Å². The number of nitrogens with two attached hydrogens (primary N) is 1. The van der Waals surface area contributed by atoms with E-state index in [1.54, 1.807) is 0 Å². The van der Waals surface area contributed by atoms with Crippen molar-refractivity contribution in [2.24, 2.45) is 5.73 Å². The van der Waals surface area contributed by atoms with E-state index < -0.39 is 20.7 Å². The van der Waals surface area contributed by atoms with E-state index in [1.165, 1.54) is 18.5 Å². The molecule has 0 aliphatic carbocycles. The summed E-state index contributed by atoms with van der Waals surface area (Å²) in [5, 5.41) is 0. The fourth-order valence-corrected chi connectivity index (χ4v) is 4.28. The molecule has 1 heterocycles. The van der Waals surface area contributed by atoms with Gasteiger partial charge in [0.25, 0.3) is 0 Å². The van der Waals surface area contributed by atoms with E-state index >= 15 is 0 Å². The summed E-state index contributed by atoms with van der Waals surface area (Å²) in [6.45, 7) is 1.69. The highest BCUT2D eigenvalue weighted by atomic mass is 35.5. The van der Waals surface area contributed by atoms with Crippen molar-refractivity contribution in [1.29, 1.82) is 0 Å². The Hall–Kier alpha value is -1.13. The zero-order valence-corrected chi connectivity index (χ0v) is 16.6. The molecule has 0 spiro atoms. The molecule has 1 aromatic carbocycles. The number of nitrogens with zero attached hydrogens (tertiary/aromatic N) is 1. The van der Waals surface area contributed by atoms with Crippen molar-refractivity contribution in [3.05, 3.63) is 17.9 Å². The number of halogens is 2. The highest BCUT2D eigenvalue weighted by molar-refractivity contribution is 7.89. The summed E-state index contributed by atoms with van der Waals surface area (Å²) in [5.41, 5.74) is 5.42. The van der Waals surface area contributed by atoms with E-state index in [9.17, 15) is 12.8 Å². The largest absolute Gasteiger partial charge is 0.493 e. The van der Waals surface area contributed by atoms with Crippen molar-refractivity contribution in [2.75, 3.05) is 40.5 Å². The zero-order chi connectivity index (χ0) is 18.4. The molecule has 0 unspecified atom stereocenters. The Morgan fingerprint density at radius 2 is 1.77 bits per heavy atom. The quantitative estimate of drug-likeness (QED) is 0.654. The number of rotatable bonds is 8. The highest BCUT2D eigenvalue weighted by Crippen LogP contribution is 2.33. The SMILES string of the molecule is COc1cc(F)c(S(=O)(=O)N2CCC(OCCCN)CC2)cc1OC.Cl. The third kappa shape index (κ3) is 5.20. The predicted octanol–water partition coefficient (Wildman–Crippen LogP) is 1.78. The predicted molar refractivity (Wildman–Crippen MR) is 98.2 cm³/mol. The number of piperidine rings is 1. The van der Waals surface area contributed by atoms with E-state index in [2.05, 4.69) is 0 Å². The van der Waals surface area contributed by atoms with Crippen LogP contribution in [0.5, 0.6) is 11.5 Å². The van der Waals surface area contributed by atoms with Crippen molar-refractivity contribution < 1.29 is 27.0 Å². The monoisotopic (exact) mass is 412 g/mol. The second kappa shape index (κ2) is 10.3. The maximum Gasteiger partial charge on any atom is 0.246 e. The Morgan fingerprint density at radius 1 is 1.19 bits per heavy atom. The van der Waals surface area contributed by atoms with Gasteiger partial charge in [0.1, 0.15) is 10.7 Å². The number of ether oxygens (including phenoxy) is 3. The molecular formula is C16H26ClFN2O5S. The summed E-state index contributed by atoms with van der Waals surface area (Å²) in [5.74, 6) is -0.549. The summed E-state index contributed by atoms with van der Waals surface area (Å²) in [6.07, 6.45) is 1.92. The van der Waals surface area contributed by atoms with E-state index in [0.717, 1.165) is 18.6 Å². The number of hydrogen-bond donors (Lipinski definition) is 1. The van der Waals surface area contributed by atoms with Crippen molar-refractivity contribution in [2.45, 2.75) is 30.3 Å². The van der Waals surface area contributed by atoms with Gasteiger partial charge in [-0.2, -0.15) is 4.31 Å². The Bertz CT molecular complexity index is 681. The number of hydrogen-bond acceptors (Lipinski definition) is 6. The molecule has 10 heteroatoms. The maximum atomic E-state index is 14.3. The first-order valence-electron chi connectivity index (χ1n) is 8.17. The van der Waals surface area contributed by atoms with Crippen molar-refractivity contribution in [3.63, 3.8) is 0 Å². The first kappa shape index (κ1) is 22.9. The molecule has 0 amide bonds. The minimum absolute atomic E-state index is 0. The smallest absolute Gasteiger partial charge is 0.246 e. The second-order valence-electron chi connectivity index (χ2n) is 5.75. The lowest BCUT2D eigenvalue weighted by Crippen LogP contribution is -2.41. The molecule has 1 aromatic rings. The number of sulfonamides is 1. The molecular weight excluding hydrogens is 387 g/mol. The van der Waals surface area contributed by atoms with Crippen LogP contribution < -0.4 is 15.2 Å². The summed E-state index contributed by atoms with van der Waals surface area (Å²) >= 11 is 0. The van der Waals surface area contributed by atoms with Crippen molar-refractivity contribution >= 4 is 22.4 Å². The van der Waals surface area contributed by atoms with Gasteiger partial charge < -0.3 is 19.9 Å². The molecule has 0 saturated carbocycles. The van der Waals surface area contributed by atoms with Crippen LogP contribution in [0.2, 0.25) is 0 Å². The molecule has 1 aliphatic rings. The first-order chi connectivity index (χ1) is 11.9. The van der Waals surface area contributed by atoms with Gasteiger partial charge in [-0.25, -0.2) is 12.8 Å². The Balaban J connectivity index is 0.00000338. The van der Waals surface area contributed by atoms with Gasteiger partial charge in [0.15, 0.2) is 11.5 Å². The van der Waals surface area contributed by atoms with E-state index in [1.807, 2.05) is 0 Å². The number of benzene rings is 1. The fraction of sp³-hybridized carbons (Fsp3) is 0.625. The molecule has 1 fully saturated rings. The van der Waals surface area contributed by atoms with Crippen LogP contribution in [-0.2, 0) is 14.8 Å². The van der Waals surface area contributed by atoms with Gasteiger partial charge in [-0.1, -0.05) is 0 Å². The molecule has 150 valence electrons. The third-order valence-corrected chi connectivity index (χ3v) is 6.07. The summed E-state index contributed by atoms with van der Waals surface area (Å²) in [6, 6.07) is 2.18. The van der Waals surface area contributed by atoms with Gasteiger partial charge in [-0.15, -0.1) is 12.4 Å². The highest BCUT2D eigenvalue weighted by Gasteiger charge is 2.32. The molecule has 0 bridgehead atoms. The summed E-state index contributed by atoms with van der Waals surface area (Å²) in [4.78, 5) is -0.410. The Morgan fingerprint density at radius 3 is 2.31 bits per heavy atom. The number of methoxy groups -OCH3 is 2. The van der Waals surface area contributed by atoms with E-state index in [-0.39, 0.29) is 43.1 Å². The van der Waals surface area contributed by atoms with Crippen LogP contribution in [0.3, 0.4) is 0 Å². The lowest BCUT2D eigenvalue weighted by Gasteiger charge is -2.31. The summed E-state index contributed by atoms with van der Waals surface area (Å²) in [7, 11) is -1.22. The van der Waals surface area contributed by atoms with Crippen LogP contribution in [0, 0.1) is 5.82 Å². The lowest BCUT2D eigenvalue weighted by atomic mass is 10.1. The van der Waals surface area contributed by atoms with Crippen LogP contribution in [0.15, 0.2) is 17.0 Å². The summed E-state index contributed by atoms with van der Waals surface area (Å²) < 4.78 is 56.9. The van der Waals surface area contributed by atoms with Crippen LogP contribution in [0.4, 0.5) is 4.39 Å². The molecule has 7 nitrogen and oxygen atoms in total. The van der Waals surface area contributed by atoms with Crippen LogP contribution in [-0.4, -0.2) is 59.3 Å². The van der Waals surface area contributed by atoms with Crippen molar-refractivity contribution in [1.82, 2.24) is 4.31 Å². The molecule has 0 atom stereocenters. The van der Waals surface area contributed by atoms with E-state index in [0.29, 0.717) is 26.0 Å². The minimum Gasteiger partial charge on any atom is -0.493 e. The second-order valence-corrected chi connectivity index (χ2v) is 7.66. The van der Waals surface area contributed by atoms with Gasteiger partial charge in [-0.3, -0.25) is 0 Å². The normalized spacial score (nSPS) is 16.2. The molecule has 2 N–H and O–H groups in total. The first-order valence-corrected chi connectivity index (χ1v) is 9.61. The molecule has 2 rings (SSSR count). The van der Waals surface area contributed by atoms with Gasteiger partial charge in [0.05, 0.1) is 20.3 Å². The van der Waals surface area contributed by atoms with Gasteiger partial charge in [-0.05, 0) is 25.8 Å². The Labute approximate surface area is 160 Å². The maximum absolute atomic E-state index is 14.3. The van der Waals surface area contributed by atoms with Crippen molar-refractivity contribution in [3.8, 4) is 11.5 Å². The van der Waals surface area contributed by atoms with Crippen LogP contribution in [0.1, 0.15) is 19.3 Å². The van der Waals surface area contributed by atoms with Gasteiger partial charge >= 0.3 is 0 Å². The van der Waals surface area contributed by atoms with Gasteiger partial charge in [0, 0.05) is 31.8 Å². The van der Waals surface area contributed by atoms with E-state index in [4.69, 9.17) is 19.9 Å². The zero-order valence-electron chi connectivity index (χ0n) is 14.9. The average molecular weight is 413 g/mol. The molecule has 0 radical (unpaired) electrons.